The Balaban J connectivity index is 2.15. The second-order valence-electron chi connectivity index (χ2n) is 3.89. The topological polar surface area (TPSA) is 42.2 Å². The van der Waals surface area contributed by atoms with Crippen LogP contribution in [0.3, 0.4) is 0 Å². The second-order valence-corrected chi connectivity index (χ2v) is 4.33. The summed E-state index contributed by atoms with van der Waals surface area (Å²) in [6, 6.07) is 7.04. The quantitative estimate of drug-likeness (QED) is 0.655. The van der Waals surface area contributed by atoms with E-state index in [1.54, 1.807) is 24.3 Å². The van der Waals surface area contributed by atoms with E-state index in [0.29, 0.717) is 22.9 Å². The molecule has 2 rings (SSSR count). The number of Topliss-reactive ketones (excluding diaryl/α,β-unsaturated/α-hetero) is 1. The summed E-state index contributed by atoms with van der Waals surface area (Å²) in [6.45, 7) is 3.19. The molecule has 0 spiro atoms. The smallest absolute Gasteiger partial charge is 0.211 e. The van der Waals surface area contributed by atoms with Crippen molar-refractivity contribution in [1.29, 1.82) is 0 Å². The summed E-state index contributed by atoms with van der Waals surface area (Å²) in [4.78, 5) is 11.8. The van der Waals surface area contributed by atoms with Crippen molar-refractivity contribution in [3.8, 4) is 0 Å². The molecule has 0 unspecified atom stereocenters. The van der Waals surface area contributed by atoms with Crippen LogP contribution >= 0.6 is 11.6 Å². The highest BCUT2D eigenvalue weighted by Gasteiger charge is 2.11. The Bertz CT molecular complexity index is 533. The molecule has 0 aliphatic heterocycles. The average Bonchev–Trinajstić information content (AvgIpc) is 2.72. The molecule has 90 valence electrons. The average molecular weight is 252 g/mol. The molecule has 1 N–H and O–H groups in total. The second kappa shape index (κ2) is 5.34. The molecule has 0 aliphatic carbocycles. The number of carbonyl (C=O) groups is 1. The van der Waals surface area contributed by atoms with Gasteiger partial charge in [-0.3, -0.25) is 4.79 Å². The van der Waals surface area contributed by atoms with E-state index in [0.717, 1.165) is 18.4 Å². The minimum atomic E-state index is -0.0363. The Hall–Kier alpha value is -1.32. The molecule has 0 atom stereocenters. The maximum atomic E-state index is 11.8. The summed E-state index contributed by atoms with van der Waals surface area (Å²) in [5.74, 6) is 0.344. The van der Waals surface area contributed by atoms with Gasteiger partial charge in [0, 0.05) is 10.4 Å². The van der Waals surface area contributed by atoms with Gasteiger partial charge in [-0.2, -0.15) is 0 Å². The Labute approximate surface area is 105 Å². The Morgan fingerprint density at radius 1 is 1.41 bits per heavy atom. The van der Waals surface area contributed by atoms with Crippen molar-refractivity contribution >= 4 is 28.4 Å². The number of ketones is 1. The summed E-state index contributed by atoms with van der Waals surface area (Å²) in [6.07, 6.45) is 1.00. The third-order valence-corrected chi connectivity index (χ3v) is 2.70. The molecule has 1 heterocycles. The first-order valence-electron chi connectivity index (χ1n) is 5.63. The summed E-state index contributed by atoms with van der Waals surface area (Å²) in [5, 5.41) is 4.55. The number of hydrogen-bond donors (Lipinski definition) is 1. The zero-order chi connectivity index (χ0) is 12.3. The Morgan fingerprint density at radius 2 is 2.24 bits per heavy atom. The number of hydrogen-bond acceptors (Lipinski definition) is 3. The normalized spacial score (nSPS) is 10.9. The van der Waals surface area contributed by atoms with Gasteiger partial charge in [-0.05, 0) is 37.2 Å². The minimum Gasteiger partial charge on any atom is -0.453 e. The van der Waals surface area contributed by atoms with E-state index in [1.807, 2.05) is 0 Å². The van der Waals surface area contributed by atoms with Crippen molar-refractivity contribution in [1.82, 2.24) is 5.32 Å². The predicted molar refractivity (Wildman–Crippen MR) is 68.7 cm³/mol. The van der Waals surface area contributed by atoms with Crippen LogP contribution in [0.2, 0.25) is 5.02 Å². The fraction of sp³-hybridized carbons (Fsp3) is 0.308. The maximum absolute atomic E-state index is 11.8. The molecule has 2 aromatic rings. The highest BCUT2D eigenvalue weighted by Crippen LogP contribution is 2.23. The van der Waals surface area contributed by atoms with E-state index < -0.39 is 0 Å². The number of nitrogens with one attached hydrogen (secondary N) is 1. The first-order valence-corrected chi connectivity index (χ1v) is 6.01. The van der Waals surface area contributed by atoms with Crippen LogP contribution in [0.1, 0.15) is 23.9 Å². The van der Waals surface area contributed by atoms with Crippen LogP contribution in [0.5, 0.6) is 0 Å². The summed E-state index contributed by atoms with van der Waals surface area (Å²) < 4.78 is 5.47. The van der Waals surface area contributed by atoms with E-state index in [2.05, 4.69) is 12.2 Å². The molecule has 0 bridgehead atoms. The first kappa shape index (κ1) is 12.1. The highest BCUT2D eigenvalue weighted by atomic mass is 35.5. The van der Waals surface area contributed by atoms with Gasteiger partial charge in [-0.15, -0.1) is 0 Å². The lowest BCUT2D eigenvalue weighted by atomic mass is 10.2. The lowest BCUT2D eigenvalue weighted by molar-refractivity contribution is 0.0967. The summed E-state index contributed by atoms with van der Waals surface area (Å²) in [7, 11) is 0. The predicted octanol–water partition coefficient (Wildman–Crippen LogP) is 3.27. The van der Waals surface area contributed by atoms with Gasteiger partial charge >= 0.3 is 0 Å². The van der Waals surface area contributed by atoms with Gasteiger partial charge in [-0.1, -0.05) is 18.5 Å². The molecule has 3 nitrogen and oxygen atoms in total. The molecular weight excluding hydrogens is 238 g/mol. The number of furan rings is 1. The number of fused-ring (bicyclic) bond motifs is 1. The molecule has 0 saturated carbocycles. The van der Waals surface area contributed by atoms with E-state index >= 15 is 0 Å². The van der Waals surface area contributed by atoms with Gasteiger partial charge in [-0.25, -0.2) is 0 Å². The molecular formula is C13H14ClNO2. The lowest BCUT2D eigenvalue weighted by Crippen LogP contribution is -2.23. The summed E-state index contributed by atoms with van der Waals surface area (Å²) in [5.41, 5.74) is 0.688. The number of carbonyl (C=O) groups excluding carboxylic acids is 1. The van der Waals surface area contributed by atoms with Crippen molar-refractivity contribution in [2.24, 2.45) is 0 Å². The van der Waals surface area contributed by atoms with Crippen LogP contribution < -0.4 is 5.32 Å². The van der Waals surface area contributed by atoms with E-state index in [-0.39, 0.29) is 5.78 Å². The SMILES string of the molecule is CCCNCC(=O)c1cc2cc(Cl)ccc2o1. The number of halogens is 1. The third-order valence-electron chi connectivity index (χ3n) is 2.47. The molecule has 0 radical (unpaired) electrons. The van der Waals surface area contributed by atoms with Gasteiger partial charge in [0.05, 0.1) is 6.54 Å². The maximum Gasteiger partial charge on any atom is 0.211 e. The van der Waals surface area contributed by atoms with Crippen LogP contribution in [0.4, 0.5) is 0 Å². The van der Waals surface area contributed by atoms with Gasteiger partial charge in [0.1, 0.15) is 5.58 Å². The zero-order valence-electron chi connectivity index (χ0n) is 9.63. The molecule has 0 aliphatic rings. The number of benzene rings is 1. The lowest BCUT2D eigenvalue weighted by Gasteiger charge is -1.98. The third kappa shape index (κ3) is 2.87. The van der Waals surface area contributed by atoms with Crippen molar-refractivity contribution < 1.29 is 9.21 Å². The Morgan fingerprint density at radius 3 is 3.00 bits per heavy atom. The zero-order valence-corrected chi connectivity index (χ0v) is 10.4. The van der Waals surface area contributed by atoms with Crippen LogP contribution in [0.25, 0.3) is 11.0 Å². The van der Waals surface area contributed by atoms with E-state index in [1.165, 1.54) is 0 Å². The van der Waals surface area contributed by atoms with E-state index in [4.69, 9.17) is 16.0 Å². The van der Waals surface area contributed by atoms with Crippen molar-refractivity contribution in [3.63, 3.8) is 0 Å². The standard InChI is InChI=1S/C13H14ClNO2/c1-2-5-15-8-11(16)13-7-9-6-10(14)3-4-12(9)17-13/h3-4,6-7,15H,2,5,8H2,1H3. The van der Waals surface area contributed by atoms with Gasteiger partial charge < -0.3 is 9.73 Å². The molecule has 0 saturated heterocycles. The fourth-order valence-electron chi connectivity index (χ4n) is 1.62. The molecule has 0 amide bonds. The molecule has 0 fully saturated rings. The van der Waals surface area contributed by atoms with Crippen LogP contribution in [0.15, 0.2) is 28.7 Å². The number of rotatable bonds is 5. The van der Waals surface area contributed by atoms with Gasteiger partial charge in [0.25, 0.3) is 0 Å². The van der Waals surface area contributed by atoms with Crippen molar-refractivity contribution in [3.05, 3.63) is 35.0 Å². The molecule has 17 heavy (non-hydrogen) atoms. The summed E-state index contributed by atoms with van der Waals surface area (Å²) >= 11 is 5.87. The fourth-order valence-corrected chi connectivity index (χ4v) is 1.80. The minimum absolute atomic E-state index is 0.0363. The largest absolute Gasteiger partial charge is 0.453 e. The van der Waals surface area contributed by atoms with Crippen LogP contribution in [-0.4, -0.2) is 18.9 Å². The molecule has 1 aromatic heterocycles. The molecule has 4 heteroatoms. The van der Waals surface area contributed by atoms with Crippen LogP contribution in [0, 0.1) is 0 Å². The Kier molecular flexibility index (Phi) is 3.82. The van der Waals surface area contributed by atoms with Crippen molar-refractivity contribution in [2.75, 3.05) is 13.1 Å². The van der Waals surface area contributed by atoms with Crippen molar-refractivity contribution in [2.45, 2.75) is 13.3 Å². The molecule has 1 aromatic carbocycles. The monoisotopic (exact) mass is 251 g/mol. The first-order chi connectivity index (χ1) is 8.20. The highest BCUT2D eigenvalue weighted by molar-refractivity contribution is 6.31. The van der Waals surface area contributed by atoms with Gasteiger partial charge in [0.2, 0.25) is 5.78 Å². The van der Waals surface area contributed by atoms with E-state index in [9.17, 15) is 4.79 Å². The van der Waals surface area contributed by atoms with Crippen LogP contribution in [-0.2, 0) is 0 Å². The van der Waals surface area contributed by atoms with Gasteiger partial charge in [0.15, 0.2) is 5.76 Å².